The summed E-state index contributed by atoms with van der Waals surface area (Å²) in [5, 5.41) is 11.1. The van der Waals surface area contributed by atoms with Gasteiger partial charge in [0.1, 0.15) is 11.8 Å². The average molecular weight is 348 g/mol. The molecule has 25 heavy (non-hydrogen) atoms. The van der Waals surface area contributed by atoms with Gasteiger partial charge in [0.2, 0.25) is 0 Å². The van der Waals surface area contributed by atoms with Gasteiger partial charge in [-0.1, -0.05) is 13.8 Å². The Morgan fingerprint density at radius 2 is 1.88 bits per heavy atom. The Labute approximate surface area is 149 Å². The molecule has 1 unspecified atom stereocenters. The molecular weight excluding hydrogens is 319 g/mol. The van der Waals surface area contributed by atoms with Crippen LogP contribution in [-0.4, -0.2) is 28.4 Å². The van der Waals surface area contributed by atoms with Crippen LogP contribution >= 0.6 is 0 Å². The number of rotatable bonds is 1. The first kappa shape index (κ1) is 17.4. The van der Waals surface area contributed by atoms with Crippen LogP contribution in [0.1, 0.15) is 65.7 Å². The first-order valence-corrected chi connectivity index (χ1v) is 9.76. The second kappa shape index (κ2) is 5.25. The van der Waals surface area contributed by atoms with Gasteiger partial charge in [-0.15, -0.1) is 0 Å². The Kier molecular flexibility index (Phi) is 3.65. The molecule has 0 aliphatic heterocycles. The summed E-state index contributed by atoms with van der Waals surface area (Å²) in [6.45, 7) is 5.69. The number of ketones is 2. The van der Waals surface area contributed by atoms with E-state index < -0.39 is 17.2 Å². The van der Waals surface area contributed by atoms with Gasteiger partial charge in [0.15, 0.2) is 11.6 Å². The van der Waals surface area contributed by atoms with Crippen molar-refractivity contribution in [3.8, 4) is 0 Å². The minimum absolute atomic E-state index is 0.0565. The zero-order chi connectivity index (χ0) is 18.2. The van der Waals surface area contributed by atoms with Crippen molar-refractivity contribution < 1.29 is 19.1 Å². The second-order valence-corrected chi connectivity index (χ2v) is 9.47. The van der Waals surface area contributed by atoms with Gasteiger partial charge < -0.3 is 5.11 Å². The van der Waals surface area contributed by atoms with E-state index in [1.165, 1.54) is 6.92 Å². The van der Waals surface area contributed by atoms with E-state index in [9.17, 15) is 14.7 Å². The first-order valence-electron chi connectivity index (χ1n) is 9.76. The van der Waals surface area contributed by atoms with Crippen molar-refractivity contribution in [3.63, 3.8) is 0 Å². The van der Waals surface area contributed by atoms with Crippen LogP contribution in [0.2, 0.25) is 0 Å². The Morgan fingerprint density at radius 3 is 2.56 bits per heavy atom. The number of fused-ring (bicyclic) bond motifs is 5. The minimum atomic E-state index is -1.26. The fourth-order valence-corrected chi connectivity index (χ4v) is 7.15. The van der Waals surface area contributed by atoms with E-state index in [4.69, 9.17) is 0 Å². The lowest BCUT2D eigenvalue weighted by molar-refractivity contribution is -0.161. The van der Waals surface area contributed by atoms with Gasteiger partial charge in [-0.2, -0.15) is 0 Å². The van der Waals surface area contributed by atoms with Crippen molar-refractivity contribution in [2.45, 2.75) is 77.5 Å². The zero-order valence-corrected chi connectivity index (χ0v) is 15.5. The van der Waals surface area contributed by atoms with Crippen molar-refractivity contribution in [1.82, 2.24) is 0 Å². The fraction of sp³-hybridized carbons (Fsp3) is 0.810. The molecule has 4 aliphatic rings. The van der Waals surface area contributed by atoms with Crippen molar-refractivity contribution in [2.75, 3.05) is 0 Å². The Balaban J connectivity index is 1.73. The molecule has 0 amide bonds. The molecule has 0 aromatic carbocycles. The van der Waals surface area contributed by atoms with Gasteiger partial charge >= 0.3 is 0 Å². The van der Waals surface area contributed by atoms with Gasteiger partial charge in [-0.25, -0.2) is 4.39 Å². The number of Topliss-reactive ketones (excluding diaryl/α,β-unsaturated/α-hetero) is 1. The van der Waals surface area contributed by atoms with Crippen LogP contribution in [0.5, 0.6) is 0 Å². The van der Waals surface area contributed by atoms with Crippen LogP contribution in [-0.2, 0) is 9.59 Å². The molecule has 0 spiro atoms. The van der Waals surface area contributed by atoms with E-state index in [0.717, 1.165) is 25.7 Å². The van der Waals surface area contributed by atoms with Crippen LogP contribution in [0.15, 0.2) is 11.6 Å². The molecule has 3 saturated carbocycles. The predicted octanol–water partition coefficient (Wildman–Crippen LogP) is 3.79. The van der Waals surface area contributed by atoms with Gasteiger partial charge in [0.25, 0.3) is 0 Å². The van der Waals surface area contributed by atoms with Crippen molar-refractivity contribution in [1.29, 1.82) is 0 Å². The number of carbonyl (C=O) groups is 2. The van der Waals surface area contributed by atoms with Crippen LogP contribution < -0.4 is 0 Å². The summed E-state index contributed by atoms with van der Waals surface area (Å²) in [7, 11) is 0. The van der Waals surface area contributed by atoms with Gasteiger partial charge in [-0.05, 0) is 80.3 Å². The Morgan fingerprint density at radius 1 is 1.20 bits per heavy atom. The monoisotopic (exact) mass is 348 g/mol. The highest BCUT2D eigenvalue weighted by Crippen LogP contribution is 2.67. The topological polar surface area (TPSA) is 54.4 Å². The molecule has 0 aromatic heterocycles. The van der Waals surface area contributed by atoms with E-state index in [0.29, 0.717) is 30.8 Å². The molecule has 0 saturated heterocycles. The molecule has 3 fully saturated rings. The second-order valence-electron chi connectivity index (χ2n) is 9.47. The summed E-state index contributed by atoms with van der Waals surface area (Å²) in [4.78, 5) is 24.1. The lowest BCUT2D eigenvalue weighted by Gasteiger charge is -2.59. The standard InChI is InChI=1S/C21H29FO3/c1-12(23)21(25)9-6-16-14-11-18(22)17-10-13(24)4-7-19(17,2)15(14)5-8-20(16,21)3/h10,14-16,18,25H,4-9,11H2,1-3H3/t14-,15+,16+,18?,19-,20+,21+/m1/s1. The Bertz CT molecular complexity index is 670. The molecule has 0 aromatic rings. The SMILES string of the molecule is CC(=O)[C@@]1(O)CC[C@H]2[C@@H]3CC(F)C4=CC(=O)CC[C@]4(C)[C@H]3CC[C@@]21C. The van der Waals surface area contributed by atoms with Gasteiger partial charge in [0.05, 0.1) is 0 Å². The molecule has 4 rings (SSSR count). The highest BCUT2D eigenvalue weighted by Gasteiger charge is 2.66. The highest BCUT2D eigenvalue weighted by molar-refractivity contribution is 5.92. The number of hydrogen-bond acceptors (Lipinski definition) is 3. The van der Waals surface area contributed by atoms with E-state index in [-0.39, 0.29) is 28.8 Å². The molecule has 0 bridgehead atoms. The average Bonchev–Trinajstić information content (AvgIpc) is 2.83. The number of aliphatic hydroxyl groups is 1. The fourth-order valence-electron chi connectivity index (χ4n) is 7.15. The quantitative estimate of drug-likeness (QED) is 0.784. The summed E-state index contributed by atoms with van der Waals surface area (Å²) >= 11 is 0. The number of allylic oxidation sites excluding steroid dienone is 1. The lowest BCUT2D eigenvalue weighted by Crippen LogP contribution is -2.58. The van der Waals surface area contributed by atoms with Crippen molar-refractivity contribution >= 4 is 11.6 Å². The molecule has 7 atom stereocenters. The third-order valence-electron chi connectivity index (χ3n) is 8.67. The maximum absolute atomic E-state index is 15.1. The molecule has 4 aliphatic carbocycles. The summed E-state index contributed by atoms with van der Waals surface area (Å²) in [6.07, 6.45) is 5.21. The van der Waals surface area contributed by atoms with Crippen LogP contribution in [0, 0.1) is 28.6 Å². The largest absolute Gasteiger partial charge is 0.382 e. The predicted molar refractivity (Wildman–Crippen MR) is 92.6 cm³/mol. The minimum Gasteiger partial charge on any atom is -0.382 e. The van der Waals surface area contributed by atoms with E-state index in [2.05, 4.69) is 6.92 Å². The lowest BCUT2D eigenvalue weighted by atomic mass is 9.46. The molecular formula is C21H29FO3. The maximum atomic E-state index is 15.1. The summed E-state index contributed by atoms with van der Waals surface area (Å²) in [5.74, 6) is 0.651. The number of hydrogen-bond donors (Lipinski definition) is 1. The highest BCUT2D eigenvalue weighted by atomic mass is 19.1. The van der Waals surface area contributed by atoms with Crippen LogP contribution in [0.3, 0.4) is 0 Å². The summed E-state index contributed by atoms with van der Waals surface area (Å²) in [5.41, 5.74) is -1.22. The first-order chi connectivity index (χ1) is 11.6. The molecule has 3 nitrogen and oxygen atoms in total. The van der Waals surface area contributed by atoms with E-state index in [1.807, 2.05) is 6.92 Å². The van der Waals surface area contributed by atoms with Crippen LogP contribution in [0.4, 0.5) is 4.39 Å². The molecule has 138 valence electrons. The smallest absolute Gasteiger partial charge is 0.161 e. The third-order valence-corrected chi connectivity index (χ3v) is 8.67. The number of halogens is 1. The van der Waals surface area contributed by atoms with Crippen molar-refractivity contribution in [3.05, 3.63) is 11.6 Å². The van der Waals surface area contributed by atoms with E-state index >= 15 is 4.39 Å². The van der Waals surface area contributed by atoms with Gasteiger partial charge in [0, 0.05) is 11.8 Å². The number of carbonyl (C=O) groups excluding carboxylic acids is 2. The van der Waals surface area contributed by atoms with E-state index in [1.54, 1.807) is 6.08 Å². The van der Waals surface area contributed by atoms with Crippen LogP contribution in [0.25, 0.3) is 0 Å². The molecule has 0 heterocycles. The van der Waals surface area contributed by atoms with Crippen molar-refractivity contribution in [2.24, 2.45) is 28.6 Å². The molecule has 0 radical (unpaired) electrons. The maximum Gasteiger partial charge on any atom is 0.161 e. The molecule has 4 heteroatoms. The summed E-state index contributed by atoms with van der Waals surface area (Å²) in [6, 6.07) is 0. The third kappa shape index (κ3) is 2.06. The summed E-state index contributed by atoms with van der Waals surface area (Å²) < 4.78 is 15.1. The zero-order valence-electron chi connectivity index (χ0n) is 15.5. The normalized spacial score (nSPS) is 52.0. The molecule has 1 N–H and O–H groups in total. The van der Waals surface area contributed by atoms with Gasteiger partial charge in [-0.3, -0.25) is 9.59 Å². The number of alkyl halides is 1. The Hall–Kier alpha value is -1.03.